The van der Waals surface area contributed by atoms with Gasteiger partial charge in [-0.05, 0) is 12.2 Å². The lowest BCUT2D eigenvalue weighted by molar-refractivity contribution is -0.282. The van der Waals surface area contributed by atoms with Crippen molar-refractivity contribution in [2.24, 2.45) is 0 Å². The van der Waals surface area contributed by atoms with E-state index in [-0.39, 0.29) is 5.11 Å². The lowest BCUT2D eigenvalue weighted by atomic mass is 9.95. The van der Waals surface area contributed by atoms with E-state index in [2.05, 4.69) is 5.32 Å². The summed E-state index contributed by atoms with van der Waals surface area (Å²) in [7, 11) is 1.34. The van der Waals surface area contributed by atoms with Gasteiger partial charge in [0.25, 0.3) is 0 Å². The van der Waals surface area contributed by atoms with E-state index in [4.69, 9.17) is 31.5 Å². The molecule has 3 rings (SSSR count). The Labute approximate surface area is 154 Å². The van der Waals surface area contributed by atoms with Crippen LogP contribution in [0.2, 0.25) is 0 Å². The van der Waals surface area contributed by atoms with Gasteiger partial charge in [-0.25, -0.2) is 0 Å². The van der Waals surface area contributed by atoms with Crippen LogP contribution in [0.4, 0.5) is 0 Å². The van der Waals surface area contributed by atoms with Crippen LogP contribution < -0.4 is 5.32 Å². The van der Waals surface area contributed by atoms with Crippen molar-refractivity contribution in [2.75, 3.05) is 20.3 Å². The number of hydrogen-bond donors (Lipinski definition) is 7. The lowest BCUT2D eigenvalue weighted by Gasteiger charge is -2.46. The zero-order valence-electron chi connectivity index (χ0n) is 14.0. The molecule has 0 aromatic heterocycles. The Balaban J connectivity index is 1.86. The van der Waals surface area contributed by atoms with Crippen molar-refractivity contribution < 1.29 is 44.8 Å². The van der Waals surface area contributed by atoms with Crippen LogP contribution in [-0.2, 0) is 14.2 Å². The molecule has 0 aromatic rings. The molecule has 11 nitrogen and oxygen atoms in total. The predicted molar refractivity (Wildman–Crippen MR) is 87.7 cm³/mol. The largest absolute Gasteiger partial charge is 0.394 e. The first kappa shape index (κ1) is 20.1. The highest BCUT2D eigenvalue weighted by Crippen LogP contribution is 2.36. The fourth-order valence-electron chi connectivity index (χ4n) is 3.71. The number of hydrogen-bond acceptors (Lipinski definition) is 10. The standard InChI is InChI=1S/C14H24N2O9S/c1-23-13-7(10(22)8(20)5(3-18)24-13)16-12-6(15-14(16)26)9(21)11(25-12)4(19)2-17/h4-13,17-22H,2-3H2,1H3,(H,15,26)/t4-,5-,6-,7-,8-,9-,10-,11-,12+,13+/m1/s1. The number of aliphatic hydroxyl groups excluding tert-OH is 6. The van der Waals surface area contributed by atoms with Gasteiger partial charge < -0.3 is 55.1 Å². The fourth-order valence-corrected chi connectivity index (χ4v) is 4.07. The number of rotatable bonds is 5. The van der Waals surface area contributed by atoms with Gasteiger partial charge in [-0.2, -0.15) is 0 Å². The van der Waals surface area contributed by atoms with Crippen LogP contribution in [-0.4, -0.2) is 122 Å². The van der Waals surface area contributed by atoms with Crippen molar-refractivity contribution in [1.82, 2.24) is 10.2 Å². The average molecular weight is 396 g/mol. The highest BCUT2D eigenvalue weighted by Gasteiger charge is 2.59. The Bertz CT molecular complexity index is 527. The van der Waals surface area contributed by atoms with Gasteiger partial charge in [-0.1, -0.05) is 0 Å². The molecule has 150 valence electrons. The molecule has 26 heavy (non-hydrogen) atoms. The molecule has 0 saturated carbocycles. The molecule has 0 bridgehead atoms. The second-order valence-corrected chi connectivity index (χ2v) is 6.93. The van der Waals surface area contributed by atoms with E-state index >= 15 is 0 Å². The van der Waals surface area contributed by atoms with E-state index in [0.717, 1.165) is 0 Å². The molecular weight excluding hydrogens is 372 g/mol. The van der Waals surface area contributed by atoms with Crippen LogP contribution >= 0.6 is 12.2 Å². The number of nitrogens with zero attached hydrogens (tertiary/aromatic N) is 1. The van der Waals surface area contributed by atoms with Crippen molar-refractivity contribution in [3.63, 3.8) is 0 Å². The van der Waals surface area contributed by atoms with E-state index in [1.165, 1.54) is 12.0 Å². The van der Waals surface area contributed by atoms with E-state index in [9.17, 15) is 25.5 Å². The summed E-state index contributed by atoms with van der Waals surface area (Å²) in [5.41, 5.74) is 0. The van der Waals surface area contributed by atoms with E-state index in [1.807, 2.05) is 0 Å². The molecule has 0 radical (unpaired) electrons. The molecule has 0 amide bonds. The van der Waals surface area contributed by atoms with Gasteiger partial charge in [0.2, 0.25) is 0 Å². The summed E-state index contributed by atoms with van der Waals surface area (Å²) >= 11 is 5.27. The Kier molecular flexibility index (Phi) is 5.99. The molecule has 0 aromatic carbocycles. The molecule has 3 heterocycles. The molecule has 3 aliphatic heterocycles. The SMILES string of the molecule is CO[C@H]1O[C@H](CO)[C@@H](O)[C@H](O)[C@H]1N1C(=S)N[C@@H]2[C@@H](O)[C@@H]([C@H](O)CO)O[C@@H]21. The minimum Gasteiger partial charge on any atom is -0.394 e. The second kappa shape index (κ2) is 7.75. The van der Waals surface area contributed by atoms with Crippen molar-refractivity contribution in [3.05, 3.63) is 0 Å². The minimum atomic E-state index is -1.40. The third-order valence-electron chi connectivity index (χ3n) is 5.08. The third-order valence-corrected chi connectivity index (χ3v) is 5.40. The number of nitrogens with one attached hydrogen (secondary N) is 1. The molecule has 12 heteroatoms. The lowest BCUT2D eigenvalue weighted by Crippen LogP contribution is -2.66. The van der Waals surface area contributed by atoms with Crippen LogP contribution in [0.15, 0.2) is 0 Å². The summed E-state index contributed by atoms with van der Waals surface area (Å²) in [6, 6.07) is -1.71. The molecule has 3 fully saturated rings. The normalized spacial score (nSPS) is 47.0. The zero-order chi connectivity index (χ0) is 19.2. The molecule has 3 aliphatic rings. The van der Waals surface area contributed by atoms with E-state index in [0.29, 0.717) is 0 Å². The maximum atomic E-state index is 10.6. The van der Waals surface area contributed by atoms with E-state index in [1.54, 1.807) is 0 Å². The van der Waals surface area contributed by atoms with Gasteiger partial charge in [0.05, 0.1) is 13.2 Å². The number of aliphatic hydroxyl groups is 6. The molecular formula is C14H24N2O9S. The summed E-state index contributed by atoms with van der Waals surface area (Å²) in [4.78, 5) is 1.41. The summed E-state index contributed by atoms with van der Waals surface area (Å²) in [5.74, 6) is 0. The van der Waals surface area contributed by atoms with Gasteiger partial charge in [0.1, 0.15) is 48.7 Å². The molecule has 0 spiro atoms. The van der Waals surface area contributed by atoms with Crippen molar-refractivity contribution >= 4 is 17.3 Å². The highest BCUT2D eigenvalue weighted by atomic mass is 32.1. The first-order valence-corrected chi connectivity index (χ1v) is 8.63. The number of methoxy groups -OCH3 is 1. The van der Waals surface area contributed by atoms with Crippen LogP contribution in [0.5, 0.6) is 0 Å². The first-order chi connectivity index (χ1) is 12.3. The second-order valence-electron chi connectivity index (χ2n) is 6.55. The van der Waals surface area contributed by atoms with Gasteiger partial charge in [-0.3, -0.25) is 0 Å². The maximum Gasteiger partial charge on any atom is 0.180 e. The van der Waals surface area contributed by atoms with Crippen LogP contribution in [0.3, 0.4) is 0 Å². The minimum absolute atomic E-state index is 0.139. The summed E-state index contributed by atoms with van der Waals surface area (Å²) in [6.45, 7) is -1.11. The summed E-state index contributed by atoms with van der Waals surface area (Å²) < 4.78 is 16.4. The predicted octanol–water partition coefficient (Wildman–Crippen LogP) is -4.56. The van der Waals surface area contributed by atoms with Gasteiger partial charge in [0, 0.05) is 7.11 Å². The molecule has 10 atom stereocenters. The van der Waals surface area contributed by atoms with Gasteiger partial charge in [0.15, 0.2) is 17.6 Å². The number of thiocarbonyl (C=S) groups is 1. The van der Waals surface area contributed by atoms with Crippen LogP contribution in [0.1, 0.15) is 0 Å². The zero-order valence-corrected chi connectivity index (χ0v) is 14.8. The monoisotopic (exact) mass is 396 g/mol. The van der Waals surface area contributed by atoms with Gasteiger partial charge >= 0.3 is 0 Å². The summed E-state index contributed by atoms with van der Waals surface area (Å²) in [6.07, 6.45) is -9.30. The molecule has 0 unspecified atom stereocenters. The van der Waals surface area contributed by atoms with Crippen molar-refractivity contribution in [3.8, 4) is 0 Å². The van der Waals surface area contributed by atoms with Gasteiger partial charge in [-0.15, -0.1) is 0 Å². The Morgan fingerprint density at radius 2 is 1.88 bits per heavy atom. The maximum absolute atomic E-state index is 10.6. The smallest absolute Gasteiger partial charge is 0.180 e. The first-order valence-electron chi connectivity index (χ1n) is 8.22. The molecule has 7 N–H and O–H groups in total. The highest BCUT2D eigenvalue weighted by molar-refractivity contribution is 7.80. The Hall–Kier alpha value is -0.670. The van der Waals surface area contributed by atoms with Crippen molar-refractivity contribution in [2.45, 2.75) is 61.2 Å². The molecule has 3 saturated heterocycles. The van der Waals surface area contributed by atoms with Crippen LogP contribution in [0.25, 0.3) is 0 Å². The number of ether oxygens (including phenoxy) is 3. The fraction of sp³-hybridized carbons (Fsp3) is 0.929. The quantitative estimate of drug-likeness (QED) is 0.223. The van der Waals surface area contributed by atoms with Crippen LogP contribution in [0, 0.1) is 0 Å². The Morgan fingerprint density at radius 1 is 1.19 bits per heavy atom. The Morgan fingerprint density at radius 3 is 2.46 bits per heavy atom. The van der Waals surface area contributed by atoms with Crippen molar-refractivity contribution in [1.29, 1.82) is 0 Å². The van der Waals surface area contributed by atoms with E-state index < -0.39 is 74.4 Å². The third kappa shape index (κ3) is 3.09. The number of fused-ring (bicyclic) bond motifs is 1. The topological polar surface area (TPSA) is 164 Å². The molecule has 0 aliphatic carbocycles. The average Bonchev–Trinajstić information content (AvgIpc) is 3.12. The summed E-state index contributed by atoms with van der Waals surface area (Å²) in [5, 5.41) is 62.4.